The lowest BCUT2D eigenvalue weighted by Gasteiger charge is -2.13. The van der Waals surface area contributed by atoms with Crippen molar-refractivity contribution in [3.8, 4) is 5.69 Å². The smallest absolute Gasteiger partial charge is 0.356 e. The molecule has 0 radical (unpaired) electrons. The molecule has 0 aliphatic carbocycles. The lowest BCUT2D eigenvalue weighted by Crippen LogP contribution is -2.07. The van der Waals surface area contributed by atoms with Crippen LogP contribution in [0.3, 0.4) is 0 Å². The molecule has 0 saturated heterocycles. The molecular formula is C15H18N2O2. The van der Waals surface area contributed by atoms with Gasteiger partial charge in [0.1, 0.15) is 0 Å². The predicted molar refractivity (Wildman–Crippen MR) is 74.0 cm³/mol. The average Bonchev–Trinajstić information content (AvgIpc) is 2.83. The maximum absolute atomic E-state index is 11.1. The van der Waals surface area contributed by atoms with Crippen molar-refractivity contribution in [3.63, 3.8) is 0 Å². The highest BCUT2D eigenvalue weighted by molar-refractivity contribution is 5.85. The Bertz CT molecular complexity index is 600. The summed E-state index contributed by atoms with van der Waals surface area (Å²) < 4.78 is 1.76. The third-order valence-electron chi connectivity index (χ3n) is 3.15. The summed E-state index contributed by atoms with van der Waals surface area (Å²) in [5, 5.41) is 13.3. The molecule has 1 N–H and O–H groups in total. The van der Waals surface area contributed by atoms with Crippen molar-refractivity contribution in [2.45, 2.75) is 33.1 Å². The number of aryl methyl sites for hydroxylation is 1. The van der Waals surface area contributed by atoms with Gasteiger partial charge in [0, 0.05) is 5.69 Å². The van der Waals surface area contributed by atoms with Crippen LogP contribution >= 0.6 is 0 Å². The Hall–Kier alpha value is -2.10. The SMILES string of the molecule is CCc1ccccc1-n1nc(C(=O)O)cc1C(C)C. The monoisotopic (exact) mass is 258 g/mol. The van der Waals surface area contributed by atoms with Crippen molar-refractivity contribution in [2.24, 2.45) is 0 Å². The van der Waals surface area contributed by atoms with Gasteiger partial charge in [0.05, 0.1) is 5.69 Å². The van der Waals surface area contributed by atoms with E-state index in [1.54, 1.807) is 10.7 Å². The first kappa shape index (κ1) is 13.3. The molecule has 19 heavy (non-hydrogen) atoms. The van der Waals surface area contributed by atoms with Gasteiger partial charge in [-0.05, 0) is 30.0 Å². The number of hydrogen-bond donors (Lipinski definition) is 1. The maximum Gasteiger partial charge on any atom is 0.356 e. The molecule has 2 aromatic rings. The highest BCUT2D eigenvalue weighted by Crippen LogP contribution is 2.23. The van der Waals surface area contributed by atoms with Crippen LogP contribution in [0.4, 0.5) is 0 Å². The van der Waals surface area contributed by atoms with Gasteiger partial charge in [-0.2, -0.15) is 5.10 Å². The minimum absolute atomic E-state index is 0.0922. The second-order valence-corrected chi connectivity index (χ2v) is 4.81. The molecule has 0 aliphatic heterocycles. The van der Waals surface area contributed by atoms with Crippen molar-refractivity contribution < 1.29 is 9.90 Å². The van der Waals surface area contributed by atoms with Crippen LogP contribution in [-0.4, -0.2) is 20.9 Å². The van der Waals surface area contributed by atoms with Crippen LogP contribution in [0, 0.1) is 0 Å². The second kappa shape index (κ2) is 5.26. The zero-order valence-electron chi connectivity index (χ0n) is 11.4. The van der Waals surface area contributed by atoms with Crippen molar-refractivity contribution in [1.82, 2.24) is 9.78 Å². The quantitative estimate of drug-likeness (QED) is 0.915. The second-order valence-electron chi connectivity index (χ2n) is 4.81. The van der Waals surface area contributed by atoms with Crippen molar-refractivity contribution in [2.75, 3.05) is 0 Å². The number of carboxylic acid groups (broad SMARTS) is 1. The van der Waals surface area contributed by atoms with Crippen molar-refractivity contribution >= 4 is 5.97 Å². The highest BCUT2D eigenvalue weighted by atomic mass is 16.4. The van der Waals surface area contributed by atoms with Gasteiger partial charge in [-0.15, -0.1) is 0 Å². The highest BCUT2D eigenvalue weighted by Gasteiger charge is 2.17. The summed E-state index contributed by atoms with van der Waals surface area (Å²) in [5.74, 6) is -0.778. The summed E-state index contributed by atoms with van der Waals surface area (Å²) in [7, 11) is 0. The fourth-order valence-electron chi connectivity index (χ4n) is 2.12. The number of nitrogens with zero attached hydrogens (tertiary/aromatic N) is 2. The maximum atomic E-state index is 11.1. The van der Waals surface area contributed by atoms with E-state index in [9.17, 15) is 4.79 Å². The van der Waals surface area contributed by atoms with Gasteiger partial charge in [-0.3, -0.25) is 0 Å². The number of aromatic carboxylic acids is 1. The van der Waals surface area contributed by atoms with Crippen LogP contribution in [0.15, 0.2) is 30.3 Å². The van der Waals surface area contributed by atoms with E-state index in [-0.39, 0.29) is 11.6 Å². The van der Waals surface area contributed by atoms with Gasteiger partial charge >= 0.3 is 5.97 Å². The summed E-state index contributed by atoms with van der Waals surface area (Å²) in [6.45, 7) is 6.15. The van der Waals surface area contributed by atoms with Gasteiger partial charge in [0.2, 0.25) is 0 Å². The minimum Gasteiger partial charge on any atom is -0.476 e. The van der Waals surface area contributed by atoms with Crippen LogP contribution in [0.1, 0.15) is 48.4 Å². The first-order valence-electron chi connectivity index (χ1n) is 6.46. The van der Waals surface area contributed by atoms with E-state index >= 15 is 0 Å². The number of para-hydroxylation sites is 1. The van der Waals surface area contributed by atoms with Crippen LogP contribution in [-0.2, 0) is 6.42 Å². The van der Waals surface area contributed by atoms with E-state index in [1.165, 1.54) is 0 Å². The fraction of sp³-hybridized carbons (Fsp3) is 0.333. The number of carboxylic acids is 1. The normalized spacial score (nSPS) is 10.9. The van der Waals surface area contributed by atoms with Gasteiger partial charge in [0.25, 0.3) is 0 Å². The summed E-state index contributed by atoms with van der Waals surface area (Å²) in [4.78, 5) is 11.1. The predicted octanol–water partition coefficient (Wildman–Crippen LogP) is 3.26. The van der Waals surface area contributed by atoms with Gasteiger partial charge in [-0.1, -0.05) is 39.0 Å². The zero-order chi connectivity index (χ0) is 14.0. The average molecular weight is 258 g/mol. The van der Waals surface area contributed by atoms with E-state index in [0.717, 1.165) is 23.4 Å². The van der Waals surface area contributed by atoms with E-state index in [0.29, 0.717) is 0 Å². The summed E-state index contributed by atoms with van der Waals surface area (Å²) in [5.41, 5.74) is 3.12. The van der Waals surface area contributed by atoms with E-state index in [1.807, 2.05) is 38.1 Å². The standard InChI is InChI=1S/C15H18N2O2/c1-4-11-7-5-6-8-13(11)17-14(10(2)3)9-12(16-17)15(18)19/h5-10H,4H2,1-3H3,(H,18,19). The molecule has 0 amide bonds. The Balaban J connectivity index is 2.63. The number of aromatic nitrogens is 2. The third kappa shape index (κ3) is 2.52. The molecule has 0 fully saturated rings. The number of carbonyl (C=O) groups is 1. The molecule has 0 atom stereocenters. The molecular weight excluding hydrogens is 240 g/mol. The zero-order valence-corrected chi connectivity index (χ0v) is 11.4. The van der Waals surface area contributed by atoms with Crippen molar-refractivity contribution in [3.05, 3.63) is 47.3 Å². The van der Waals surface area contributed by atoms with E-state index < -0.39 is 5.97 Å². The first-order valence-corrected chi connectivity index (χ1v) is 6.46. The van der Waals surface area contributed by atoms with Gasteiger partial charge < -0.3 is 5.11 Å². The Morgan fingerprint density at radius 2 is 2.05 bits per heavy atom. The molecule has 0 aliphatic rings. The molecule has 0 unspecified atom stereocenters. The summed E-state index contributed by atoms with van der Waals surface area (Å²) in [6.07, 6.45) is 0.885. The van der Waals surface area contributed by atoms with Crippen molar-refractivity contribution in [1.29, 1.82) is 0 Å². The number of hydrogen-bond acceptors (Lipinski definition) is 2. The molecule has 1 aromatic carbocycles. The topological polar surface area (TPSA) is 55.1 Å². The van der Waals surface area contributed by atoms with Gasteiger partial charge in [0.15, 0.2) is 5.69 Å². The molecule has 4 nitrogen and oxygen atoms in total. The Kier molecular flexibility index (Phi) is 3.69. The van der Waals surface area contributed by atoms with Crippen LogP contribution in [0.2, 0.25) is 0 Å². The largest absolute Gasteiger partial charge is 0.476 e. The molecule has 1 aromatic heterocycles. The molecule has 2 rings (SSSR count). The molecule has 0 bridgehead atoms. The number of benzene rings is 1. The molecule has 1 heterocycles. The number of rotatable bonds is 4. The first-order chi connectivity index (χ1) is 9.04. The van der Waals surface area contributed by atoms with E-state index in [2.05, 4.69) is 12.0 Å². The third-order valence-corrected chi connectivity index (χ3v) is 3.15. The lowest BCUT2D eigenvalue weighted by atomic mass is 10.1. The minimum atomic E-state index is -0.991. The Morgan fingerprint density at radius 1 is 1.37 bits per heavy atom. The lowest BCUT2D eigenvalue weighted by molar-refractivity contribution is 0.0690. The van der Waals surface area contributed by atoms with Gasteiger partial charge in [-0.25, -0.2) is 9.48 Å². The molecule has 100 valence electrons. The Labute approximate surface area is 112 Å². The summed E-state index contributed by atoms with van der Waals surface area (Å²) >= 11 is 0. The molecule has 4 heteroatoms. The van der Waals surface area contributed by atoms with E-state index in [4.69, 9.17) is 5.11 Å². The molecule has 0 spiro atoms. The molecule has 0 saturated carbocycles. The Morgan fingerprint density at radius 3 is 2.63 bits per heavy atom. The fourth-order valence-corrected chi connectivity index (χ4v) is 2.12. The summed E-state index contributed by atoms with van der Waals surface area (Å²) in [6, 6.07) is 9.60. The van der Waals surface area contributed by atoms with Crippen LogP contribution in [0.25, 0.3) is 5.69 Å². The van der Waals surface area contributed by atoms with Crippen LogP contribution < -0.4 is 0 Å². The van der Waals surface area contributed by atoms with Crippen LogP contribution in [0.5, 0.6) is 0 Å².